The molecule has 2 aliphatic rings. The van der Waals surface area contributed by atoms with Crippen molar-refractivity contribution in [3.63, 3.8) is 0 Å². The summed E-state index contributed by atoms with van der Waals surface area (Å²) in [6.45, 7) is 2.80. The van der Waals surface area contributed by atoms with Gasteiger partial charge in [-0.25, -0.2) is 23.0 Å². The quantitative estimate of drug-likeness (QED) is 0.184. The number of nitrogens with one attached hydrogen (secondary N) is 1. The highest BCUT2D eigenvalue weighted by Gasteiger charge is 2.27. The van der Waals surface area contributed by atoms with Crippen LogP contribution in [0.2, 0.25) is 0 Å². The van der Waals surface area contributed by atoms with Crippen LogP contribution in [0, 0.1) is 16.0 Å². The van der Waals surface area contributed by atoms with E-state index >= 15 is 0 Å². The van der Waals surface area contributed by atoms with Crippen LogP contribution in [0.3, 0.4) is 0 Å². The molecule has 4 aromatic heterocycles. The van der Waals surface area contributed by atoms with Crippen LogP contribution in [-0.2, 0) is 28.4 Å². The monoisotopic (exact) mass is 652 g/mol. The normalized spacial score (nSPS) is 18.8. The van der Waals surface area contributed by atoms with Crippen LogP contribution in [0.4, 0.5) is 23.4 Å². The number of imidazole rings is 1. The molecule has 0 atom stereocenters. The molecule has 17 heteroatoms. The number of ether oxygens (including phenoxy) is 2. The van der Waals surface area contributed by atoms with Crippen molar-refractivity contribution in [1.82, 2.24) is 29.5 Å². The first-order valence-electron chi connectivity index (χ1n) is 15.1. The standard InChI is InChI=1S/C29H36N10O6S/c1-36-23(17-33-29(36)39(40)41)18-38(46(2,42)43)22-14-24-25(32-16-22)15-26(37-10-12-44-13-11-37)35-27(24)45-19-20-4-6-21(7-5-20)34-28-30-8-3-9-31-28/h3,8-9,14-17,20-21H,4-7,10-13,18-19H2,1-2H3,(H,30,31,34). The van der Waals surface area contributed by atoms with Crippen molar-refractivity contribution in [1.29, 1.82) is 0 Å². The summed E-state index contributed by atoms with van der Waals surface area (Å²) < 4.78 is 40.3. The lowest BCUT2D eigenvalue weighted by atomic mass is 9.86. The van der Waals surface area contributed by atoms with Crippen molar-refractivity contribution < 1.29 is 22.8 Å². The summed E-state index contributed by atoms with van der Waals surface area (Å²) in [5.41, 5.74) is 1.23. The molecule has 1 N–H and O–H groups in total. The number of pyridine rings is 2. The van der Waals surface area contributed by atoms with Gasteiger partial charge < -0.3 is 29.8 Å². The lowest BCUT2D eigenvalue weighted by molar-refractivity contribution is -0.396. The molecule has 0 spiro atoms. The number of anilines is 3. The molecule has 244 valence electrons. The summed E-state index contributed by atoms with van der Waals surface area (Å²) in [5.74, 6) is 1.64. The first kappa shape index (κ1) is 31.3. The van der Waals surface area contributed by atoms with Gasteiger partial charge in [0.2, 0.25) is 21.9 Å². The summed E-state index contributed by atoms with van der Waals surface area (Å²) in [5, 5.41) is 15.3. The van der Waals surface area contributed by atoms with E-state index in [1.807, 2.05) is 6.07 Å². The summed E-state index contributed by atoms with van der Waals surface area (Å²) >= 11 is 0. The number of nitro groups is 1. The van der Waals surface area contributed by atoms with Crippen LogP contribution in [0.5, 0.6) is 5.88 Å². The van der Waals surface area contributed by atoms with Crippen LogP contribution in [-0.4, -0.2) is 88.0 Å². The zero-order valence-corrected chi connectivity index (χ0v) is 26.5. The summed E-state index contributed by atoms with van der Waals surface area (Å²) in [7, 11) is -2.35. The zero-order chi connectivity index (χ0) is 32.3. The van der Waals surface area contributed by atoms with Gasteiger partial charge in [0, 0.05) is 37.6 Å². The van der Waals surface area contributed by atoms with Gasteiger partial charge in [0.05, 0.1) is 62.5 Å². The maximum atomic E-state index is 13.0. The Balaban J connectivity index is 1.26. The van der Waals surface area contributed by atoms with E-state index < -0.39 is 14.9 Å². The predicted molar refractivity (Wildman–Crippen MR) is 170 cm³/mol. The Labute approximate surface area is 266 Å². The first-order chi connectivity index (χ1) is 22.2. The van der Waals surface area contributed by atoms with E-state index in [-0.39, 0.29) is 24.2 Å². The highest BCUT2D eigenvalue weighted by Crippen LogP contribution is 2.33. The molecule has 0 bridgehead atoms. The van der Waals surface area contributed by atoms with Crippen molar-refractivity contribution in [2.24, 2.45) is 13.0 Å². The Kier molecular flexibility index (Phi) is 9.12. The Hall–Kier alpha value is -4.64. The van der Waals surface area contributed by atoms with Gasteiger partial charge in [-0.05, 0) is 48.7 Å². The van der Waals surface area contributed by atoms with Crippen LogP contribution in [0.1, 0.15) is 31.4 Å². The molecule has 0 unspecified atom stereocenters. The molecule has 2 fully saturated rings. The molecule has 6 rings (SSSR count). The summed E-state index contributed by atoms with van der Waals surface area (Å²) in [6.07, 6.45) is 11.1. The number of hydrogen-bond donors (Lipinski definition) is 1. The third kappa shape index (κ3) is 7.09. The number of morpholine rings is 1. The van der Waals surface area contributed by atoms with Gasteiger partial charge in [0.25, 0.3) is 0 Å². The van der Waals surface area contributed by atoms with E-state index in [0.29, 0.717) is 73.1 Å². The molecule has 1 saturated carbocycles. The Bertz CT molecular complexity index is 1790. The zero-order valence-electron chi connectivity index (χ0n) is 25.6. The smallest absolute Gasteiger partial charge is 0.434 e. The van der Waals surface area contributed by atoms with Gasteiger partial charge >= 0.3 is 5.95 Å². The minimum absolute atomic E-state index is 0.176. The van der Waals surface area contributed by atoms with E-state index in [2.05, 4.69) is 30.2 Å². The number of nitrogens with zero attached hydrogens (tertiary/aromatic N) is 9. The SMILES string of the molecule is Cn1c(CN(c2cnc3cc(N4CCOCC4)nc(OCC4CCC(Nc5ncccn5)CC4)c3c2)S(C)(=O)=O)cnc1[N+](=O)[O-]. The Morgan fingerprint density at radius 3 is 2.50 bits per heavy atom. The molecular formula is C29H36N10O6S. The average molecular weight is 653 g/mol. The summed E-state index contributed by atoms with van der Waals surface area (Å²) in [4.78, 5) is 34.7. The molecule has 0 aromatic carbocycles. The van der Waals surface area contributed by atoms with Crippen LogP contribution >= 0.6 is 0 Å². The number of aromatic nitrogens is 6. The Morgan fingerprint density at radius 1 is 1.09 bits per heavy atom. The van der Waals surface area contributed by atoms with Crippen molar-refractivity contribution in [2.45, 2.75) is 38.3 Å². The molecule has 1 saturated heterocycles. The van der Waals surface area contributed by atoms with E-state index in [9.17, 15) is 18.5 Å². The molecule has 5 heterocycles. The van der Waals surface area contributed by atoms with Gasteiger partial charge in [0.1, 0.15) is 17.7 Å². The van der Waals surface area contributed by atoms with E-state index in [4.69, 9.17) is 14.5 Å². The van der Waals surface area contributed by atoms with Gasteiger partial charge in [0.15, 0.2) is 0 Å². The van der Waals surface area contributed by atoms with E-state index in [1.165, 1.54) is 24.0 Å². The fraction of sp³-hybridized carbons (Fsp3) is 0.483. The molecule has 16 nitrogen and oxygen atoms in total. The van der Waals surface area contributed by atoms with Gasteiger partial charge in [-0.15, -0.1) is 0 Å². The number of sulfonamides is 1. The Morgan fingerprint density at radius 2 is 1.83 bits per heavy atom. The van der Waals surface area contributed by atoms with Crippen molar-refractivity contribution in [3.8, 4) is 5.88 Å². The van der Waals surface area contributed by atoms with Crippen molar-refractivity contribution >= 4 is 44.3 Å². The van der Waals surface area contributed by atoms with Gasteiger partial charge in [-0.1, -0.05) is 4.98 Å². The summed E-state index contributed by atoms with van der Waals surface area (Å²) in [6, 6.07) is 5.64. The van der Waals surface area contributed by atoms with Crippen molar-refractivity contribution in [2.75, 3.05) is 53.7 Å². The fourth-order valence-corrected chi connectivity index (χ4v) is 6.64. The van der Waals surface area contributed by atoms with Crippen molar-refractivity contribution in [3.05, 3.63) is 58.8 Å². The second-order valence-corrected chi connectivity index (χ2v) is 13.4. The lowest BCUT2D eigenvalue weighted by Gasteiger charge is -2.30. The van der Waals surface area contributed by atoms with Crippen LogP contribution in [0.25, 0.3) is 10.9 Å². The third-order valence-electron chi connectivity index (χ3n) is 8.37. The number of rotatable bonds is 11. The van der Waals surface area contributed by atoms with Crippen LogP contribution in [0.15, 0.2) is 43.0 Å². The molecule has 4 aromatic rings. The molecule has 1 aliphatic carbocycles. The van der Waals surface area contributed by atoms with Crippen LogP contribution < -0.4 is 19.3 Å². The maximum absolute atomic E-state index is 13.0. The minimum atomic E-state index is -3.82. The molecule has 0 amide bonds. The van der Waals surface area contributed by atoms with E-state index in [0.717, 1.165) is 36.2 Å². The number of hydrogen-bond acceptors (Lipinski definition) is 13. The highest BCUT2D eigenvalue weighted by molar-refractivity contribution is 7.92. The largest absolute Gasteiger partial charge is 0.477 e. The van der Waals surface area contributed by atoms with E-state index in [1.54, 1.807) is 24.5 Å². The molecule has 0 radical (unpaired) electrons. The second kappa shape index (κ2) is 13.4. The molecular weight excluding hydrogens is 616 g/mol. The topological polar surface area (TPSA) is 184 Å². The predicted octanol–water partition coefficient (Wildman–Crippen LogP) is 2.91. The van der Waals surface area contributed by atoms with Gasteiger partial charge in [-0.3, -0.25) is 9.29 Å². The number of fused-ring (bicyclic) bond motifs is 1. The average Bonchev–Trinajstić information content (AvgIpc) is 3.43. The first-order valence-corrected chi connectivity index (χ1v) is 16.9. The molecule has 1 aliphatic heterocycles. The minimum Gasteiger partial charge on any atom is -0.477 e. The third-order valence-corrected chi connectivity index (χ3v) is 9.51. The van der Waals surface area contributed by atoms with Gasteiger partial charge in [-0.2, -0.15) is 4.98 Å². The second-order valence-electron chi connectivity index (χ2n) is 11.5. The fourth-order valence-electron chi connectivity index (χ4n) is 5.79. The highest BCUT2D eigenvalue weighted by atomic mass is 32.2. The maximum Gasteiger partial charge on any atom is 0.434 e. The lowest BCUT2D eigenvalue weighted by Crippen LogP contribution is -2.36. The molecule has 46 heavy (non-hydrogen) atoms.